The topological polar surface area (TPSA) is 73.5 Å². The van der Waals surface area contributed by atoms with Gasteiger partial charge in [0.25, 0.3) is 10.0 Å². The molecule has 3 rings (SSSR count). The van der Waals surface area contributed by atoms with Crippen molar-refractivity contribution in [3.05, 3.63) is 60.7 Å². The minimum atomic E-state index is -3.73. The number of hydrogen-bond acceptors (Lipinski definition) is 5. The van der Waals surface area contributed by atoms with Gasteiger partial charge in [-0.15, -0.1) is 0 Å². The molecule has 0 fully saturated rings. The first-order valence-electron chi connectivity index (χ1n) is 7.34. The average molecular weight is 346 g/mol. The Hall–Kier alpha value is -2.51. The van der Waals surface area contributed by atoms with Crippen LogP contribution in [0.1, 0.15) is 5.56 Å². The molecule has 0 unspecified atom stereocenters. The number of benzene rings is 1. The van der Waals surface area contributed by atoms with Crippen molar-refractivity contribution in [1.82, 2.24) is 9.29 Å². The number of nitrogens with one attached hydrogen (secondary N) is 1. The molecule has 24 heavy (non-hydrogen) atoms. The first-order chi connectivity index (χ1) is 11.6. The smallest absolute Gasteiger partial charge is 0.268 e. The molecule has 0 saturated heterocycles. The van der Waals surface area contributed by atoms with E-state index in [1.807, 2.05) is 13.1 Å². The molecule has 6 nitrogen and oxygen atoms in total. The molecule has 1 aromatic carbocycles. The second-order valence-electron chi connectivity index (χ2n) is 5.25. The van der Waals surface area contributed by atoms with Gasteiger partial charge in [0.1, 0.15) is 5.75 Å². The van der Waals surface area contributed by atoms with Gasteiger partial charge >= 0.3 is 0 Å². The van der Waals surface area contributed by atoms with E-state index in [0.29, 0.717) is 23.6 Å². The number of furan rings is 1. The molecular formula is C17H18N2O4S. The van der Waals surface area contributed by atoms with Crippen molar-refractivity contribution in [1.29, 1.82) is 0 Å². The molecule has 2 aromatic heterocycles. The molecule has 0 spiro atoms. The maximum absolute atomic E-state index is 13.0. The number of hydrogen-bond donors (Lipinski definition) is 1. The lowest BCUT2D eigenvalue weighted by Crippen LogP contribution is -2.13. The van der Waals surface area contributed by atoms with Crippen LogP contribution < -0.4 is 10.1 Å². The van der Waals surface area contributed by atoms with Gasteiger partial charge in [0.05, 0.1) is 30.2 Å². The Morgan fingerprint density at radius 2 is 1.96 bits per heavy atom. The SMILES string of the molecule is CNCc1cc(-c2ccoc2)n(S(=O)(=O)c2ccc(OC)cc2)c1. The van der Waals surface area contributed by atoms with E-state index in [1.165, 1.54) is 35.7 Å². The lowest BCUT2D eigenvalue weighted by atomic mass is 10.2. The first-order valence-corrected chi connectivity index (χ1v) is 8.78. The highest BCUT2D eigenvalue weighted by Crippen LogP contribution is 2.28. The van der Waals surface area contributed by atoms with Crippen molar-refractivity contribution in [3.63, 3.8) is 0 Å². The van der Waals surface area contributed by atoms with Gasteiger partial charge in [-0.05, 0) is 49.0 Å². The van der Waals surface area contributed by atoms with Crippen molar-refractivity contribution < 1.29 is 17.6 Å². The minimum Gasteiger partial charge on any atom is -0.497 e. The molecule has 126 valence electrons. The normalized spacial score (nSPS) is 11.6. The minimum absolute atomic E-state index is 0.194. The Bertz CT molecular complexity index is 910. The van der Waals surface area contributed by atoms with Crippen LogP contribution in [-0.4, -0.2) is 26.5 Å². The fourth-order valence-electron chi connectivity index (χ4n) is 2.48. The summed E-state index contributed by atoms with van der Waals surface area (Å²) >= 11 is 0. The summed E-state index contributed by atoms with van der Waals surface area (Å²) in [6.07, 6.45) is 4.67. The van der Waals surface area contributed by atoms with Gasteiger partial charge in [-0.25, -0.2) is 12.4 Å². The standard InChI is InChI=1S/C17H18N2O4S/c1-18-10-13-9-17(14-7-8-23-12-14)19(11-13)24(20,21)16-5-3-15(22-2)4-6-16/h3-9,11-12,18H,10H2,1-2H3. The molecule has 3 aromatic rings. The predicted molar refractivity (Wildman–Crippen MR) is 90.5 cm³/mol. The maximum atomic E-state index is 13.0. The van der Waals surface area contributed by atoms with E-state index in [0.717, 1.165) is 5.56 Å². The van der Waals surface area contributed by atoms with Crippen LogP contribution in [0.25, 0.3) is 11.3 Å². The van der Waals surface area contributed by atoms with Gasteiger partial charge in [0, 0.05) is 18.3 Å². The molecule has 7 heteroatoms. The number of methoxy groups -OCH3 is 1. The molecular weight excluding hydrogens is 328 g/mol. The van der Waals surface area contributed by atoms with E-state index in [1.54, 1.807) is 24.4 Å². The highest BCUT2D eigenvalue weighted by atomic mass is 32.2. The van der Waals surface area contributed by atoms with Crippen molar-refractivity contribution in [3.8, 4) is 17.0 Å². The van der Waals surface area contributed by atoms with Crippen molar-refractivity contribution in [2.75, 3.05) is 14.2 Å². The number of ether oxygens (including phenoxy) is 1. The van der Waals surface area contributed by atoms with Gasteiger partial charge < -0.3 is 14.5 Å². The van der Waals surface area contributed by atoms with Gasteiger partial charge in [-0.2, -0.15) is 0 Å². The van der Waals surface area contributed by atoms with Crippen LogP contribution >= 0.6 is 0 Å². The maximum Gasteiger partial charge on any atom is 0.268 e. The fourth-order valence-corrected chi connectivity index (χ4v) is 3.88. The third-order valence-corrected chi connectivity index (χ3v) is 5.34. The second-order valence-corrected chi connectivity index (χ2v) is 7.07. The lowest BCUT2D eigenvalue weighted by Gasteiger charge is -2.10. The van der Waals surface area contributed by atoms with Crippen LogP contribution in [0, 0.1) is 0 Å². The second kappa shape index (κ2) is 6.54. The number of aromatic nitrogens is 1. The zero-order valence-corrected chi connectivity index (χ0v) is 14.2. The van der Waals surface area contributed by atoms with Crippen LogP contribution in [0.5, 0.6) is 5.75 Å². The summed E-state index contributed by atoms with van der Waals surface area (Å²) in [6, 6.07) is 9.89. The molecule has 2 heterocycles. The number of rotatable bonds is 6. The molecule has 0 aliphatic carbocycles. The fraction of sp³-hybridized carbons (Fsp3) is 0.176. The monoisotopic (exact) mass is 346 g/mol. The molecule has 0 saturated carbocycles. The molecule has 1 N–H and O–H groups in total. The zero-order chi connectivity index (χ0) is 17.2. The van der Waals surface area contributed by atoms with E-state index in [2.05, 4.69) is 5.32 Å². The highest BCUT2D eigenvalue weighted by molar-refractivity contribution is 7.90. The highest BCUT2D eigenvalue weighted by Gasteiger charge is 2.22. The van der Waals surface area contributed by atoms with Crippen LogP contribution in [0.15, 0.2) is 64.4 Å². The van der Waals surface area contributed by atoms with Crippen LogP contribution in [0.3, 0.4) is 0 Å². The van der Waals surface area contributed by atoms with Gasteiger partial charge in [-0.3, -0.25) is 0 Å². The summed E-state index contributed by atoms with van der Waals surface area (Å²) in [5, 5.41) is 3.03. The van der Waals surface area contributed by atoms with Crippen molar-refractivity contribution >= 4 is 10.0 Å². The lowest BCUT2D eigenvalue weighted by molar-refractivity contribution is 0.414. The van der Waals surface area contributed by atoms with E-state index in [9.17, 15) is 8.42 Å². The summed E-state index contributed by atoms with van der Waals surface area (Å²) in [6.45, 7) is 0.565. The quantitative estimate of drug-likeness (QED) is 0.743. The molecule has 0 aliphatic heterocycles. The Morgan fingerprint density at radius 3 is 2.54 bits per heavy atom. The number of nitrogens with zero attached hydrogens (tertiary/aromatic N) is 1. The Kier molecular flexibility index (Phi) is 4.46. The van der Waals surface area contributed by atoms with Gasteiger partial charge in [-0.1, -0.05) is 0 Å². The molecule has 0 amide bonds. The Morgan fingerprint density at radius 1 is 1.21 bits per heavy atom. The van der Waals surface area contributed by atoms with Crippen LogP contribution in [0.2, 0.25) is 0 Å². The summed E-state index contributed by atoms with van der Waals surface area (Å²) in [5.74, 6) is 0.604. The zero-order valence-electron chi connectivity index (χ0n) is 13.4. The van der Waals surface area contributed by atoms with E-state index < -0.39 is 10.0 Å². The van der Waals surface area contributed by atoms with Gasteiger partial charge in [0.15, 0.2) is 0 Å². The van der Waals surface area contributed by atoms with E-state index >= 15 is 0 Å². The van der Waals surface area contributed by atoms with Crippen molar-refractivity contribution in [2.45, 2.75) is 11.4 Å². The molecule has 0 atom stereocenters. The largest absolute Gasteiger partial charge is 0.497 e. The summed E-state index contributed by atoms with van der Waals surface area (Å²) in [5.41, 5.74) is 2.13. The summed E-state index contributed by atoms with van der Waals surface area (Å²) in [4.78, 5) is 0.194. The first kappa shape index (κ1) is 16.4. The van der Waals surface area contributed by atoms with Gasteiger partial charge in [0.2, 0.25) is 0 Å². The molecule has 0 radical (unpaired) electrons. The van der Waals surface area contributed by atoms with Crippen LogP contribution in [-0.2, 0) is 16.6 Å². The van der Waals surface area contributed by atoms with E-state index in [4.69, 9.17) is 9.15 Å². The van der Waals surface area contributed by atoms with E-state index in [-0.39, 0.29) is 4.90 Å². The Balaban J connectivity index is 2.12. The van der Waals surface area contributed by atoms with Crippen molar-refractivity contribution in [2.24, 2.45) is 0 Å². The third kappa shape index (κ3) is 2.95. The predicted octanol–water partition coefficient (Wildman–Crippen LogP) is 2.71. The average Bonchev–Trinajstić information content (AvgIpc) is 3.24. The Labute approximate surface area is 140 Å². The summed E-state index contributed by atoms with van der Waals surface area (Å²) < 4.78 is 37.5. The third-order valence-electron chi connectivity index (χ3n) is 3.66. The summed E-state index contributed by atoms with van der Waals surface area (Å²) in [7, 11) is -0.376. The molecule has 0 bridgehead atoms. The molecule has 0 aliphatic rings. The van der Waals surface area contributed by atoms with Crippen LogP contribution in [0.4, 0.5) is 0 Å².